The van der Waals surface area contributed by atoms with Gasteiger partial charge in [-0.2, -0.15) is 0 Å². The summed E-state index contributed by atoms with van der Waals surface area (Å²) in [6.07, 6.45) is 3.71. The van der Waals surface area contributed by atoms with Crippen LogP contribution in [-0.4, -0.2) is 47.5 Å². The number of carbonyl (C=O) groups excluding carboxylic acids is 1. The third-order valence-corrected chi connectivity index (χ3v) is 3.04. The zero-order valence-corrected chi connectivity index (χ0v) is 12.0. The molecule has 0 amide bonds. The minimum absolute atomic E-state index is 0.283. The number of carboxylic acid groups (broad SMARTS) is 1. The highest BCUT2D eigenvalue weighted by Gasteiger charge is 2.12. The van der Waals surface area contributed by atoms with Crippen molar-refractivity contribution in [3.05, 3.63) is 42.1 Å². The smallest absolute Gasteiger partial charge is 0.336 e. The van der Waals surface area contributed by atoms with E-state index in [4.69, 9.17) is 14.0 Å². The van der Waals surface area contributed by atoms with Gasteiger partial charge in [0.15, 0.2) is 0 Å². The summed E-state index contributed by atoms with van der Waals surface area (Å²) in [5.41, 5.74) is 1.54. The summed E-state index contributed by atoms with van der Waals surface area (Å²) in [7, 11) is 1.51. The maximum absolute atomic E-state index is 11.7. The number of likely N-dealkylation sites (N-methyl/N-ethyl adjacent to an activating group) is 1. The minimum atomic E-state index is -2.18. The van der Waals surface area contributed by atoms with Crippen molar-refractivity contribution in [1.29, 1.82) is 0 Å². The molecule has 0 aliphatic rings. The van der Waals surface area contributed by atoms with Crippen LogP contribution in [0, 0.1) is 0 Å². The molecule has 22 heavy (non-hydrogen) atoms. The monoisotopic (exact) mass is 305 g/mol. The second-order valence-corrected chi connectivity index (χ2v) is 4.76. The fraction of sp³-hybridized carbons (Fsp3) is 0.250. The quantitative estimate of drug-likeness (QED) is 0.483. The third kappa shape index (κ3) is 3.95. The number of fused-ring (bicyclic) bond motifs is 1. The number of rotatable bonds is 6. The zero-order chi connectivity index (χ0) is 18.6. The highest BCUT2D eigenvalue weighted by Crippen LogP contribution is 2.29. The van der Waals surface area contributed by atoms with E-state index in [9.17, 15) is 9.59 Å². The van der Waals surface area contributed by atoms with Gasteiger partial charge in [0.25, 0.3) is 0 Å². The van der Waals surface area contributed by atoms with Crippen molar-refractivity contribution < 1.29 is 23.5 Å². The average Bonchev–Trinajstić information content (AvgIpc) is 2.94. The Balaban J connectivity index is 2.23. The number of ether oxygens (including phenoxy) is 1. The summed E-state index contributed by atoms with van der Waals surface area (Å²) in [4.78, 5) is 26.5. The van der Waals surface area contributed by atoms with Gasteiger partial charge in [-0.15, -0.1) is 0 Å². The van der Waals surface area contributed by atoms with Crippen LogP contribution in [0.2, 0.25) is 0 Å². The first kappa shape index (κ1) is 12.0. The van der Waals surface area contributed by atoms with E-state index < -0.39 is 18.9 Å². The summed E-state index contributed by atoms with van der Waals surface area (Å²) in [5, 5.41) is 9.21. The van der Waals surface area contributed by atoms with Crippen LogP contribution in [-0.2, 0) is 16.0 Å². The summed E-state index contributed by atoms with van der Waals surface area (Å²) in [6.45, 7) is -1.88. The number of nitrogens with zero attached hydrogens (tertiary/aromatic N) is 1. The predicted molar refractivity (Wildman–Crippen MR) is 83.0 cm³/mol. The second-order valence-electron chi connectivity index (χ2n) is 4.76. The van der Waals surface area contributed by atoms with Crippen molar-refractivity contribution >= 4 is 22.8 Å². The number of aromatic amines is 1. The van der Waals surface area contributed by atoms with Gasteiger partial charge in [-0.25, -0.2) is 9.59 Å². The first-order chi connectivity index (χ1) is 11.7. The Morgan fingerprint density at radius 1 is 1.45 bits per heavy atom. The predicted octanol–water partition coefficient (Wildman–Crippen LogP) is 1.82. The summed E-state index contributed by atoms with van der Waals surface area (Å²) in [6, 6.07) is 5.09. The van der Waals surface area contributed by atoms with Crippen LogP contribution in [0.3, 0.4) is 0 Å². The van der Waals surface area contributed by atoms with E-state index in [1.807, 2.05) is 0 Å². The summed E-state index contributed by atoms with van der Waals surface area (Å²) < 4.78 is 27.3. The first-order valence-corrected chi connectivity index (χ1v) is 6.61. The molecule has 0 aliphatic heterocycles. The lowest BCUT2D eigenvalue weighted by atomic mass is 10.1. The van der Waals surface area contributed by atoms with Gasteiger partial charge in [0.05, 0.1) is 0 Å². The van der Waals surface area contributed by atoms with Crippen molar-refractivity contribution in [1.82, 2.24) is 9.88 Å². The Morgan fingerprint density at radius 2 is 2.27 bits per heavy atom. The Kier molecular flexibility index (Phi) is 3.77. The minimum Gasteiger partial charge on any atom is -0.478 e. The number of carbonyl (C=O) groups is 2. The number of aliphatic carboxylic acids is 1. The van der Waals surface area contributed by atoms with Gasteiger partial charge in [-0.3, -0.25) is 0 Å². The van der Waals surface area contributed by atoms with E-state index >= 15 is 0 Å². The van der Waals surface area contributed by atoms with E-state index in [1.54, 1.807) is 24.4 Å². The molecule has 0 saturated heterocycles. The number of carboxylic acids is 1. The standard InChI is InChI=1S/C16H18N2O4/c1-18(2)9-8-11-10-17-12-4-3-5-13(16(11)12)22-15(21)7-6-14(19)20/h3-7,10,17H,8-9H2,1-2H3,(H,19,20)/b7-6-/i1D3. The molecular weight excluding hydrogens is 284 g/mol. The fourth-order valence-corrected chi connectivity index (χ4v) is 2.07. The molecule has 116 valence electrons. The zero-order valence-electron chi connectivity index (χ0n) is 15.0. The van der Waals surface area contributed by atoms with Crippen LogP contribution in [0.5, 0.6) is 5.75 Å². The number of hydrogen-bond donors (Lipinski definition) is 2. The van der Waals surface area contributed by atoms with E-state index in [1.165, 1.54) is 11.9 Å². The van der Waals surface area contributed by atoms with Crippen LogP contribution in [0.4, 0.5) is 0 Å². The van der Waals surface area contributed by atoms with Crippen molar-refractivity contribution in [2.45, 2.75) is 6.42 Å². The molecule has 2 aromatic rings. The molecule has 0 radical (unpaired) electrons. The molecule has 0 fully saturated rings. The maximum atomic E-state index is 11.7. The molecule has 6 nitrogen and oxygen atoms in total. The molecule has 0 aliphatic carbocycles. The van der Waals surface area contributed by atoms with Gasteiger partial charge in [-0.1, -0.05) is 6.07 Å². The Labute approximate surface area is 132 Å². The van der Waals surface area contributed by atoms with Crippen molar-refractivity contribution in [3.63, 3.8) is 0 Å². The van der Waals surface area contributed by atoms with E-state index in [-0.39, 0.29) is 5.75 Å². The molecule has 0 saturated carbocycles. The molecule has 6 heteroatoms. The summed E-state index contributed by atoms with van der Waals surface area (Å²) >= 11 is 0. The molecule has 0 unspecified atom stereocenters. The normalized spacial score (nSPS) is 14.0. The summed E-state index contributed by atoms with van der Waals surface area (Å²) in [5.74, 6) is -1.77. The van der Waals surface area contributed by atoms with Gasteiger partial charge in [0.1, 0.15) is 5.75 Å². The molecule has 1 aromatic heterocycles. The SMILES string of the molecule is [2H]C([2H])([2H])N(C)CCc1c[nH]c2cccc(OC(=O)/C=C\C(=O)O)c12. The van der Waals surface area contributed by atoms with Gasteiger partial charge in [0.2, 0.25) is 0 Å². The molecule has 2 rings (SSSR count). The van der Waals surface area contributed by atoms with Crippen LogP contribution in [0.15, 0.2) is 36.5 Å². The molecular formula is C16H18N2O4. The maximum Gasteiger partial charge on any atom is 0.336 e. The van der Waals surface area contributed by atoms with Gasteiger partial charge in [0, 0.05) is 39.9 Å². The topological polar surface area (TPSA) is 82.6 Å². The molecule has 0 atom stereocenters. The van der Waals surface area contributed by atoms with Crippen LogP contribution in [0.1, 0.15) is 9.68 Å². The lowest BCUT2D eigenvalue weighted by molar-refractivity contribution is -0.133. The molecule has 0 bridgehead atoms. The highest BCUT2D eigenvalue weighted by molar-refractivity contribution is 5.95. The molecule has 2 N–H and O–H groups in total. The van der Waals surface area contributed by atoms with Crippen LogP contribution >= 0.6 is 0 Å². The lowest BCUT2D eigenvalue weighted by Gasteiger charge is -2.09. The Morgan fingerprint density at radius 3 is 3.00 bits per heavy atom. The van der Waals surface area contributed by atoms with Gasteiger partial charge in [-0.05, 0) is 38.1 Å². The molecule has 1 heterocycles. The Bertz CT molecular complexity index is 811. The number of benzene rings is 1. The van der Waals surface area contributed by atoms with E-state index in [0.717, 1.165) is 17.2 Å². The van der Waals surface area contributed by atoms with E-state index in [0.29, 0.717) is 24.4 Å². The second kappa shape index (κ2) is 6.91. The van der Waals surface area contributed by atoms with Crippen molar-refractivity contribution in [2.24, 2.45) is 0 Å². The Hall–Kier alpha value is -2.60. The molecule has 1 aromatic carbocycles. The average molecular weight is 305 g/mol. The number of esters is 1. The largest absolute Gasteiger partial charge is 0.478 e. The van der Waals surface area contributed by atoms with Crippen molar-refractivity contribution in [3.8, 4) is 5.75 Å². The lowest BCUT2D eigenvalue weighted by Crippen LogP contribution is -2.15. The number of H-pyrrole nitrogens is 1. The van der Waals surface area contributed by atoms with Crippen molar-refractivity contribution in [2.75, 3.05) is 20.6 Å². The molecule has 0 spiro atoms. The van der Waals surface area contributed by atoms with Gasteiger partial charge < -0.3 is 19.7 Å². The van der Waals surface area contributed by atoms with Gasteiger partial charge >= 0.3 is 11.9 Å². The van der Waals surface area contributed by atoms with Crippen LogP contribution in [0.25, 0.3) is 10.9 Å². The van der Waals surface area contributed by atoms with Crippen LogP contribution < -0.4 is 4.74 Å². The van der Waals surface area contributed by atoms with E-state index in [2.05, 4.69) is 4.98 Å². The first-order valence-electron chi connectivity index (χ1n) is 8.11. The fourth-order valence-electron chi connectivity index (χ4n) is 2.07. The number of aromatic nitrogens is 1. The number of nitrogens with one attached hydrogen (secondary N) is 1. The highest BCUT2D eigenvalue weighted by atomic mass is 16.5. The third-order valence-electron chi connectivity index (χ3n) is 3.04. The number of hydrogen-bond acceptors (Lipinski definition) is 4.